The topological polar surface area (TPSA) is 74.7 Å². The molecule has 0 unspecified atom stereocenters. The minimum Gasteiger partial charge on any atom is -0.478 e. The minimum atomic E-state index is -1.04. The standard InChI is InChI=1S/C14H15NO4S/c1-8(2)15-12(16)7-11(13(15)17)20-10-6-4-3-5-9(10)14(18)19/h3-6,8,11H,7H2,1-2H3,(H,18,19)/t11-/m1/s1. The molecule has 2 amide bonds. The van der Waals surface area contributed by atoms with Crippen molar-refractivity contribution in [3.05, 3.63) is 29.8 Å². The van der Waals surface area contributed by atoms with E-state index in [2.05, 4.69) is 0 Å². The lowest BCUT2D eigenvalue weighted by molar-refractivity contribution is -0.140. The second-order valence-electron chi connectivity index (χ2n) is 4.81. The summed E-state index contributed by atoms with van der Waals surface area (Å²) in [5.74, 6) is -1.48. The fourth-order valence-electron chi connectivity index (χ4n) is 2.16. The lowest BCUT2D eigenvalue weighted by Gasteiger charge is -2.18. The number of thioether (sulfide) groups is 1. The number of amides is 2. The van der Waals surface area contributed by atoms with Crippen LogP contribution in [0, 0.1) is 0 Å². The number of carbonyl (C=O) groups is 3. The maximum absolute atomic E-state index is 12.2. The van der Waals surface area contributed by atoms with Gasteiger partial charge in [0.05, 0.1) is 10.8 Å². The van der Waals surface area contributed by atoms with Crippen LogP contribution in [0.15, 0.2) is 29.2 Å². The molecule has 1 aromatic carbocycles. The summed E-state index contributed by atoms with van der Waals surface area (Å²) >= 11 is 1.15. The van der Waals surface area contributed by atoms with E-state index in [1.54, 1.807) is 32.0 Å². The zero-order valence-corrected chi connectivity index (χ0v) is 12.0. The van der Waals surface area contributed by atoms with Crippen LogP contribution in [0.3, 0.4) is 0 Å². The average Bonchev–Trinajstić information content (AvgIpc) is 2.64. The number of carboxylic acids is 1. The first-order valence-corrected chi connectivity index (χ1v) is 7.14. The largest absolute Gasteiger partial charge is 0.478 e. The Hall–Kier alpha value is -1.82. The monoisotopic (exact) mass is 293 g/mol. The highest BCUT2D eigenvalue weighted by atomic mass is 32.2. The molecule has 0 saturated carbocycles. The Bertz CT molecular complexity index is 570. The molecule has 1 aromatic rings. The first-order chi connectivity index (χ1) is 9.41. The third-order valence-corrected chi connectivity index (χ3v) is 4.31. The lowest BCUT2D eigenvalue weighted by Crippen LogP contribution is -2.37. The normalized spacial score (nSPS) is 18.9. The second kappa shape index (κ2) is 5.66. The average molecular weight is 293 g/mol. The van der Waals surface area contributed by atoms with Crippen LogP contribution in [0.5, 0.6) is 0 Å². The molecule has 1 N–H and O–H groups in total. The highest BCUT2D eigenvalue weighted by Gasteiger charge is 2.40. The Kier molecular flexibility index (Phi) is 4.13. The zero-order valence-electron chi connectivity index (χ0n) is 11.2. The fourth-order valence-corrected chi connectivity index (χ4v) is 3.34. The molecule has 106 valence electrons. The number of imide groups is 1. The van der Waals surface area contributed by atoms with Gasteiger partial charge in [-0.3, -0.25) is 14.5 Å². The molecule has 2 rings (SSSR count). The van der Waals surface area contributed by atoms with Crippen molar-refractivity contribution in [1.82, 2.24) is 4.90 Å². The molecule has 0 aliphatic carbocycles. The summed E-state index contributed by atoms with van der Waals surface area (Å²) in [4.78, 5) is 36.9. The fraction of sp³-hybridized carbons (Fsp3) is 0.357. The molecule has 0 spiro atoms. The number of rotatable bonds is 4. The first kappa shape index (κ1) is 14.6. The van der Waals surface area contributed by atoms with Crippen LogP contribution in [0.25, 0.3) is 0 Å². The van der Waals surface area contributed by atoms with Crippen molar-refractivity contribution in [2.75, 3.05) is 0 Å². The van der Waals surface area contributed by atoms with Crippen LogP contribution in [-0.2, 0) is 9.59 Å². The Balaban J connectivity index is 2.22. The van der Waals surface area contributed by atoms with Gasteiger partial charge in [0.25, 0.3) is 0 Å². The Morgan fingerprint density at radius 3 is 2.55 bits per heavy atom. The van der Waals surface area contributed by atoms with Crippen LogP contribution < -0.4 is 0 Å². The molecule has 0 bridgehead atoms. The summed E-state index contributed by atoms with van der Waals surface area (Å²) in [6.07, 6.45) is 0.121. The van der Waals surface area contributed by atoms with E-state index in [0.717, 1.165) is 11.8 Å². The van der Waals surface area contributed by atoms with Crippen LogP contribution >= 0.6 is 11.8 Å². The molecule has 1 heterocycles. The zero-order chi connectivity index (χ0) is 14.9. The van der Waals surface area contributed by atoms with Crippen LogP contribution in [0.1, 0.15) is 30.6 Å². The van der Waals surface area contributed by atoms with Gasteiger partial charge in [0.1, 0.15) is 0 Å². The molecule has 1 aliphatic heterocycles. The van der Waals surface area contributed by atoms with Crippen LogP contribution in [-0.4, -0.2) is 39.1 Å². The third-order valence-electron chi connectivity index (χ3n) is 3.04. The van der Waals surface area contributed by atoms with Gasteiger partial charge in [-0.25, -0.2) is 4.79 Å². The smallest absolute Gasteiger partial charge is 0.336 e. The van der Waals surface area contributed by atoms with Crippen molar-refractivity contribution in [2.24, 2.45) is 0 Å². The molecule has 1 aliphatic rings. The minimum absolute atomic E-state index is 0.121. The van der Waals surface area contributed by atoms with Crippen molar-refractivity contribution in [1.29, 1.82) is 0 Å². The van der Waals surface area contributed by atoms with Gasteiger partial charge >= 0.3 is 5.97 Å². The van der Waals surface area contributed by atoms with E-state index in [1.165, 1.54) is 11.0 Å². The van der Waals surface area contributed by atoms with Gasteiger partial charge in [0, 0.05) is 17.4 Å². The van der Waals surface area contributed by atoms with E-state index in [1.807, 2.05) is 0 Å². The molecule has 20 heavy (non-hydrogen) atoms. The van der Waals surface area contributed by atoms with E-state index in [4.69, 9.17) is 5.11 Å². The molecule has 1 saturated heterocycles. The summed E-state index contributed by atoms with van der Waals surface area (Å²) in [5.41, 5.74) is 0.153. The van der Waals surface area contributed by atoms with Crippen LogP contribution in [0.4, 0.5) is 0 Å². The SMILES string of the molecule is CC(C)N1C(=O)C[C@@H](Sc2ccccc2C(=O)O)C1=O. The van der Waals surface area contributed by atoms with Crippen molar-refractivity contribution >= 4 is 29.5 Å². The number of nitrogens with zero attached hydrogens (tertiary/aromatic N) is 1. The number of likely N-dealkylation sites (tertiary alicyclic amines) is 1. The molecular formula is C14H15NO4S. The van der Waals surface area contributed by atoms with E-state index in [0.29, 0.717) is 4.90 Å². The van der Waals surface area contributed by atoms with Gasteiger partial charge in [-0.05, 0) is 26.0 Å². The van der Waals surface area contributed by atoms with E-state index >= 15 is 0 Å². The number of benzene rings is 1. The van der Waals surface area contributed by atoms with E-state index in [-0.39, 0.29) is 29.8 Å². The number of carboxylic acid groups (broad SMARTS) is 1. The summed E-state index contributed by atoms with van der Waals surface area (Å²) in [6.45, 7) is 3.57. The molecule has 5 nitrogen and oxygen atoms in total. The third kappa shape index (κ3) is 2.70. The maximum Gasteiger partial charge on any atom is 0.336 e. The number of hydrogen-bond donors (Lipinski definition) is 1. The van der Waals surface area contributed by atoms with Crippen molar-refractivity contribution in [3.8, 4) is 0 Å². The van der Waals surface area contributed by atoms with E-state index in [9.17, 15) is 14.4 Å². The van der Waals surface area contributed by atoms with Gasteiger partial charge in [0.2, 0.25) is 11.8 Å². The molecular weight excluding hydrogens is 278 g/mol. The molecule has 0 radical (unpaired) electrons. The summed E-state index contributed by atoms with van der Waals surface area (Å²) < 4.78 is 0. The summed E-state index contributed by atoms with van der Waals surface area (Å²) in [7, 11) is 0. The molecule has 6 heteroatoms. The van der Waals surface area contributed by atoms with Gasteiger partial charge < -0.3 is 5.11 Å². The Labute approximate surface area is 121 Å². The van der Waals surface area contributed by atoms with Gasteiger partial charge in [-0.2, -0.15) is 0 Å². The highest BCUT2D eigenvalue weighted by molar-refractivity contribution is 8.00. The van der Waals surface area contributed by atoms with Crippen molar-refractivity contribution < 1.29 is 19.5 Å². The van der Waals surface area contributed by atoms with Crippen molar-refractivity contribution in [2.45, 2.75) is 36.5 Å². The highest BCUT2D eigenvalue weighted by Crippen LogP contribution is 2.34. The molecule has 1 atom stereocenters. The number of carbonyl (C=O) groups excluding carboxylic acids is 2. The number of aromatic carboxylic acids is 1. The predicted molar refractivity (Wildman–Crippen MR) is 74.7 cm³/mol. The lowest BCUT2D eigenvalue weighted by atomic mass is 10.2. The summed E-state index contributed by atoms with van der Waals surface area (Å²) in [5, 5.41) is 8.59. The van der Waals surface area contributed by atoms with Gasteiger partial charge in [0.15, 0.2) is 0 Å². The van der Waals surface area contributed by atoms with E-state index < -0.39 is 11.2 Å². The number of hydrogen-bond acceptors (Lipinski definition) is 4. The molecule has 0 aromatic heterocycles. The first-order valence-electron chi connectivity index (χ1n) is 6.26. The Morgan fingerprint density at radius 1 is 1.35 bits per heavy atom. The van der Waals surface area contributed by atoms with Crippen molar-refractivity contribution in [3.63, 3.8) is 0 Å². The van der Waals surface area contributed by atoms with Gasteiger partial charge in [-0.1, -0.05) is 12.1 Å². The second-order valence-corrected chi connectivity index (χ2v) is 6.05. The maximum atomic E-state index is 12.2. The van der Waals surface area contributed by atoms with Gasteiger partial charge in [-0.15, -0.1) is 11.8 Å². The predicted octanol–water partition coefficient (Wildman–Crippen LogP) is 2.01. The Morgan fingerprint density at radius 2 is 2.00 bits per heavy atom. The summed E-state index contributed by atoms with van der Waals surface area (Å²) in [6, 6.07) is 6.33. The molecule has 1 fully saturated rings. The van der Waals surface area contributed by atoms with Crippen LogP contribution in [0.2, 0.25) is 0 Å². The quantitative estimate of drug-likeness (QED) is 0.860.